The van der Waals surface area contributed by atoms with Crippen molar-refractivity contribution in [3.63, 3.8) is 0 Å². The van der Waals surface area contributed by atoms with Crippen molar-refractivity contribution in [1.82, 2.24) is 4.90 Å². The Balaban J connectivity index is 1.46. The number of hydrogen-bond donors (Lipinski definition) is 3. The van der Waals surface area contributed by atoms with E-state index in [1.54, 1.807) is 48.5 Å². The number of likely N-dealkylation sites (tertiary alicyclic amines) is 1. The van der Waals surface area contributed by atoms with Crippen molar-refractivity contribution >= 4 is 40.7 Å². The maximum absolute atomic E-state index is 14.2. The molecule has 0 aliphatic carbocycles. The van der Waals surface area contributed by atoms with Gasteiger partial charge in [0.25, 0.3) is 0 Å². The molecule has 0 radical (unpaired) electrons. The number of hydrogen-bond acceptors (Lipinski definition) is 6. The third-order valence-corrected chi connectivity index (χ3v) is 8.43. The molecule has 40 heavy (non-hydrogen) atoms. The second-order valence-electron chi connectivity index (χ2n) is 11.2. The lowest BCUT2D eigenvalue weighted by molar-refractivity contribution is -0.143. The summed E-state index contributed by atoms with van der Waals surface area (Å²) in [6.45, 7) is 6.13. The number of anilines is 2. The van der Waals surface area contributed by atoms with Crippen LogP contribution < -0.4 is 15.4 Å². The summed E-state index contributed by atoms with van der Waals surface area (Å²) in [5, 5.41) is 16.8. The largest absolute Gasteiger partial charge is 0.494 e. The number of aliphatic hydroxyl groups is 1. The van der Waals surface area contributed by atoms with Gasteiger partial charge < -0.3 is 30.1 Å². The van der Waals surface area contributed by atoms with Gasteiger partial charge in [-0.3, -0.25) is 14.4 Å². The number of carbonyl (C=O) groups is 3. The molecule has 3 N–H and O–H groups in total. The monoisotopic (exact) mass is 569 g/mol. The van der Waals surface area contributed by atoms with Crippen LogP contribution in [0.15, 0.2) is 48.5 Å². The average Bonchev–Trinajstić information content (AvgIpc) is 3.57. The highest BCUT2D eigenvalue weighted by molar-refractivity contribution is 6.30. The van der Waals surface area contributed by atoms with Crippen LogP contribution >= 0.6 is 11.6 Å². The molecule has 2 aromatic rings. The van der Waals surface area contributed by atoms with Crippen LogP contribution in [0, 0.1) is 17.8 Å². The molecule has 6 atom stereocenters. The molecule has 1 spiro atoms. The molecule has 2 unspecified atom stereocenters. The van der Waals surface area contributed by atoms with E-state index in [4.69, 9.17) is 21.1 Å². The summed E-state index contributed by atoms with van der Waals surface area (Å²) >= 11 is 6.02. The van der Waals surface area contributed by atoms with E-state index in [9.17, 15) is 19.5 Å². The first-order valence-electron chi connectivity index (χ1n) is 13.9. The van der Waals surface area contributed by atoms with Crippen LogP contribution in [-0.4, -0.2) is 64.7 Å². The molecule has 3 heterocycles. The van der Waals surface area contributed by atoms with E-state index in [0.717, 1.165) is 0 Å². The average molecular weight is 570 g/mol. The van der Waals surface area contributed by atoms with Gasteiger partial charge in [0, 0.05) is 16.4 Å². The summed E-state index contributed by atoms with van der Waals surface area (Å²) in [5.41, 5.74) is -0.0511. The topological polar surface area (TPSA) is 117 Å². The van der Waals surface area contributed by atoms with Crippen LogP contribution in [0.4, 0.5) is 11.4 Å². The maximum Gasteiger partial charge on any atom is 0.250 e. The van der Waals surface area contributed by atoms with Crippen molar-refractivity contribution in [1.29, 1.82) is 0 Å². The summed E-state index contributed by atoms with van der Waals surface area (Å²) in [6.07, 6.45) is 1.04. The van der Waals surface area contributed by atoms with Crippen LogP contribution in [0.3, 0.4) is 0 Å². The van der Waals surface area contributed by atoms with E-state index < -0.39 is 41.5 Å². The van der Waals surface area contributed by atoms with Crippen molar-refractivity contribution in [2.45, 2.75) is 63.8 Å². The molecule has 2 bridgehead atoms. The van der Waals surface area contributed by atoms with Crippen molar-refractivity contribution < 1.29 is 29.0 Å². The number of rotatable bonds is 10. The maximum atomic E-state index is 14.2. The van der Waals surface area contributed by atoms with Crippen molar-refractivity contribution in [3.05, 3.63) is 53.6 Å². The van der Waals surface area contributed by atoms with E-state index in [2.05, 4.69) is 10.6 Å². The summed E-state index contributed by atoms with van der Waals surface area (Å²) < 4.78 is 12.0. The first-order valence-corrected chi connectivity index (χ1v) is 14.3. The summed E-state index contributed by atoms with van der Waals surface area (Å²) in [7, 11) is 0. The normalized spacial score (nSPS) is 27.6. The van der Waals surface area contributed by atoms with Crippen molar-refractivity contribution in [3.8, 4) is 5.75 Å². The molecule has 2 aromatic carbocycles. The van der Waals surface area contributed by atoms with Gasteiger partial charge in [-0.15, -0.1) is 0 Å². The van der Waals surface area contributed by atoms with E-state index >= 15 is 0 Å². The fourth-order valence-electron chi connectivity index (χ4n) is 6.67. The summed E-state index contributed by atoms with van der Waals surface area (Å²) in [5.74, 6) is -1.80. The van der Waals surface area contributed by atoms with Crippen LogP contribution in [0.2, 0.25) is 5.02 Å². The number of aliphatic hydroxyl groups excluding tert-OH is 1. The lowest BCUT2D eigenvalue weighted by atomic mass is 9.70. The SMILES string of the molecule is CCOc1ccc(NC(=O)[C@@H]2[C@H]3C(=O)N([C@@H](CO)CC(C)C)C(C(=O)Nc4ccc(Cl)cc4)C34CC[C@H]2O4)cc1. The van der Waals surface area contributed by atoms with Crippen LogP contribution in [-0.2, 0) is 19.1 Å². The van der Waals surface area contributed by atoms with E-state index in [1.165, 1.54) is 4.90 Å². The Bertz CT molecular complexity index is 1250. The zero-order valence-electron chi connectivity index (χ0n) is 22.9. The van der Waals surface area contributed by atoms with Crippen LogP contribution in [0.25, 0.3) is 0 Å². The predicted molar refractivity (Wildman–Crippen MR) is 151 cm³/mol. The van der Waals surface area contributed by atoms with Gasteiger partial charge in [-0.25, -0.2) is 0 Å². The Morgan fingerprint density at radius 1 is 1.10 bits per heavy atom. The Hall–Kier alpha value is -3.14. The van der Waals surface area contributed by atoms with Gasteiger partial charge in [-0.1, -0.05) is 25.4 Å². The number of carbonyl (C=O) groups excluding carboxylic acids is 3. The van der Waals surface area contributed by atoms with E-state index in [0.29, 0.717) is 48.0 Å². The third-order valence-electron chi connectivity index (χ3n) is 8.18. The molecular weight excluding hydrogens is 534 g/mol. The minimum atomic E-state index is -1.16. The van der Waals surface area contributed by atoms with Crippen LogP contribution in [0.5, 0.6) is 5.75 Å². The van der Waals surface area contributed by atoms with Gasteiger partial charge in [0.15, 0.2) is 0 Å². The number of nitrogens with one attached hydrogen (secondary N) is 2. The standard InChI is InChI=1S/C30H36ClN3O6/c1-4-39-22-11-9-20(10-12-22)32-27(36)24-23-13-14-30(40-23)25(24)29(38)34(21(16-35)15-17(2)3)26(30)28(37)33-19-7-5-18(31)6-8-19/h5-12,17,21,23-26,35H,4,13-16H2,1-3H3,(H,32,36)(H,33,37)/t21-,23-,24+,25+,26?,30?/m1/s1. The Kier molecular flexibility index (Phi) is 8.08. The fraction of sp³-hybridized carbons (Fsp3) is 0.500. The Morgan fingerprint density at radius 2 is 1.73 bits per heavy atom. The Labute approximate surface area is 239 Å². The molecular formula is C30H36ClN3O6. The van der Waals surface area contributed by atoms with Crippen LogP contribution in [0.1, 0.15) is 40.0 Å². The number of ether oxygens (including phenoxy) is 2. The molecule has 3 aliphatic rings. The zero-order chi connectivity index (χ0) is 28.6. The smallest absolute Gasteiger partial charge is 0.250 e. The van der Waals surface area contributed by atoms with Gasteiger partial charge in [0.05, 0.1) is 37.2 Å². The number of halogens is 1. The minimum Gasteiger partial charge on any atom is -0.494 e. The minimum absolute atomic E-state index is 0.166. The molecule has 3 aliphatic heterocycles. The Morgan fingerprint density at radius 3 is 2.33 bits per heavy atom. The van der Waals surface area contributed by atoms with Gasteiger partial charge in [-0.2, -0.15) is 0 Å². The molecule has 5 rings (SSSR count). The summed E-state index contributed by atoms with van der Waals surface area (Å²) in [6, 6.07) is 12.2. The second-order valence-corrected chi connectivity index (χ2v) is 11.6. The quantitative estimate of drug-likeness (QED) is 0.397. The molecule has 214 valence electrons. The molecule has 0 saturated carbocycles. The molecule has 9 nitrogen and oxygen atoms in total. The van der Waals surface area contributed by atoms with E-state index in [1.807, 2.05) is 20.8 Å². The first-order chi connectivity index (χ1) is 19.2. The van der Waals surface area contributed by atoms with Gasteiger partial charge >= 0.3 is 0 Å². The lowest BCUT2D eigenvalue weighted by Gasteiger charge is -2.37. The van der Waals surface area contributed by atoms with Gasteiger partial charge in [0.1, 0.15) is 17.4 Å². The molecule has 3 saturated heterocycles. The number of benzene rings is 2. The number of amides is 3. The zero-order valence-corrected chi connectivity index (χ0v) is 23.7. The molecule has 3 fully saturated rings. The predicted octanol–water partition coefficient (Wildman–Crippen LogP) is 4.10. The molecule has 3 amide bonds. The molecule has 0 aromatic heterocycles. The van der Waals surface area contributed by atoms with E-state index in [-0.39, 0.29) is 24.3 Å². The highest BCUT2D eigenvalue weighted by atomic mass is 35.5. The second kappa shape index (κ2) is 11.4. The molecule has 10 heteroatoms. The first kappa shape index (κ1) is 28.4. The van der Waals surface area contributed by atoms with Crippen molar-refractivity contribution in [2.75, 3.05) is 23.8 Å². The lowest BCUT2D eigenvalue weighted by Crippen LogP contribution is -2.56. The highest BCUT2D eigenvalue weighted by Crippen LogP contribution is 2.59. The van der Waals surface area contributed by atoms with Crippen molar-refractivity contribution in [2.24, 2.45) is 17.8 Å². The number of fused-ring (bicyclic) bond motifs is 1. The summed E-state index contributed by atoms with van der Waals surface area (Å²) in [4.78, 5) is 43.3. The third kappa shape index (κ3) is 5.06. The number of nitrogens with zero attached hydrogens (tertiary/aromatic N) is 1. The van der Waals surface area contributed by atoms with Gasteiger partial charge in [0.2, 0.25) is 17.7 Å². The van der Waals surface area contributed by atoms with Gasteiger partial charge in [-0.05, 0) is 80.6 Å². The highest BCUT2D eigenvalue weighted by Gasteiger charge is 2.75. The fourth-order valence-corrected chi connectivity index (χ4v) is 6.80.